The van der Waals surface area contributed by atoms with Gasteiger partial charge in [0.2, 0.25) is 0 Å². The van der Waals surface area contributed by atoms with Crippen molar-refractivity contribution in [2.24, 2.45) is 15.9 Å². The highest BCUT2D eigenvalue weighted by Gasteiger charge is 2.51. The summed E-state index contributed by atoms with van der Waals surface area (Å²) in [5.41, 5.74) is 0. The fraction of sp³-hybridized carbons (Fsp3) is 0.923. The average molecular weight is 653 g/mol. The van der Waals surface area contributed by atoms with Gasteiger partial charge >= 0.3 is 5.97 Å². The molecule has 2 N–H and O–H groups in total. The smallest absolute Gasteiger partial charge is 0.313 e. The fourth-order valence-corrected chi connectivity index (χ4v) is 10.1. The van der Waals surface area contributed by atoms with Crippen LogP contribution in [0.2, 0.25) is 0 Å². The molecule has 10 atom stereocenters. The van der Waals surface area contributed by atoms with Gasteiger partial charge in [-0.05, 0) is 91.4 Å². The van der Waals surface area contributed by atoms with E-state index in [9.17, 15) is 4.79 Å². The molecular weight excluding hydrogens is 584 g/mol. The minimum absolute atomic E-state index is 0.0215. The zero-order valence-corrected chi connectivity index (χ0v) is 30.4. The molecule has 4 fully saturated rings. The van der Waals surface area contributed by atoms with E-state index < -0.39 is 0 Å². The highest BCUT2D eigenvalue weighted by Crippen LogP contribution is 2.40. The van der Waals surface area contributed by atoms with Gasteiger partial charge < -0.3 is 25.2 Å². The molecule has 0 bridgehead atoms. The summed E-state index contributed by atoms with van der Waals surface area (Å²) < 4.78 is 6.11. The van der Waals surface area contributed by atoms with Gasteiger partial charge in [0.1, 0.15) is 0 Å². The Morgan fingerprint density at radius 3 is 2.19 bits per heavy atom. The summed E-state index contributed by atoms with van der Waals surface area (Å²) in [6.45, 7) is 8.81. The first-order valence-corrected chi connectivity index (χ1v) is 20.4. The number of aliphatic imine (C=N–C) groups is 2. The number of esters is 1. The maximum Gasteiger partial charge on any atom is 0.313 e. The van der Waals surface area contributed by atoms with E-state index in [-0.39, 0.29) is 30.1 Å². The number of hydrogen-bond donors (Lipinski definition) is 2. The van der Waals surface area contributed by atoms with E-state index in [0.29, 0.717) is 24.2 Å². The van der Waals surface area contributed by atoms with Crippen LogP contribution >= 0.6 is 0 Å². The van der Waals surface area contributed by atoms with Crippen LogP contribution in [0, 0.1) is 5.92 Å². The number of unbranched alkanes of at least 4 members (excludes halogenated alkanes) is 10. The second kappa shape index (κ2) is 16.6. The molecule has 6 rings (SSSR count). The zero-order chi connectivity index (χ0) is 32.8. The number of nitrogens with one attached hydrogen (secondary N) is 2. The first-order chi connectivity index (χ1) is 22.9. The molecule has 0 aliphatic carbocycles. The van der Waals surface area contributed by atoms with Crippen molar-refractivity contribution in [3.05, 3.63) is 0 Å². The Bertz CT molecular complexity index is 1080. The SMILES string of the molecule is CCCCCCCCC[C@H]1C[C@H]2CC[C@@H]3[C@H](C(=O)O[C@@H](C)CCCCCCC[C@H]4C[C@H]5CC[C@H]6C[C@@H](C)NC(=N4)N56)[C@H](C)N=C(N1)N23. The standard InChI is InChI=1S/C39H68N6O2/c1-5-6-7-8-9-12-15-19-31-26-34-22-23-35-36(29(4)41-39(43-31)45(34)35)37(46)47-28(3)17-14-11-10-13-16-18-30-25-33-21-20-32-24-27(2)40-38(42-30)44(32)33/h27-36H,5-26H2,1-4H3,(H,40,42)(H,41,43)/t27-,28+,29+,30+,31+,32+,33-,34-,35-,36-/m1/s1. The van der Waals surface area contributed by atoms with Gasteiger partial charge in [0.25, 0.3) is 0 Å². The van der Waals surface area contributed by atoms with Crippen molar-refractivity contribution in [2.75, 3.05) is 0 Å². The third-order valence-corrected chi connectivity index (χ3v) is 12.5. The van der Waals surface area contributed by atoms with Gasteiger partial charge in [-0.3, -0.25) is 4.79 Å². The molecule has 0 aromatic heterocycles. The van der Waals surface area contributed by atoms with Crippen molar-refractivity contribution in [1.82, 2.24) is 20.4 Å². The van der Waals surface area contributed by atoms with Gasteiger partial charge in [0.15, 0.2) is 11.9 Å². The molecule has 0 amide bonds. The molecular formula is C39H68N6O2. The van der Waals surface area contributed by atoms with Crippen LogP contribution in [0.1, 0.15) is 169 Å². The lowest BCUT2D eigenvalue weighted by atomic mass is 9.89. The summed E-state index contributed by atoms with van der Waals surface area (Å²) >= 11 is 0. The molecule has 0 unspecified atom stereocenters. The van der Waals surface area contributed by atoms with E-state index in [4.69, 9.17) is 14.7 Å². The van der Waals surface area contributed by atoms with Gasteiger partial charge in [0, 0.05) is 36.3 Å². The molecule has 0 saturated carbocycles. The third-order valence-electron chi connectivity index (χ3n) is 12.5. The van der Waals surface area contributed by atoms with E-state index in [0.717, 1.165) is 37.3 Å². The van der Waals surface area contributed by atoms with E-state index in [2.05, 4.69) is 48.1 Å². The van der Waals surface area contributed by atoms with Crippen molar-refractivity contribution in [2.45, 2.75) is 223 Å². The number of carbonyl (C=O) groups excluding carboxylic acids is 1. The maximum atomic E-state index is 13.5. The Hall–Kier alpha value is -1.99. The Labute approximate surface area is 286 Å². The van der Waals surface area contributed by atoms with E-state index in [1.807, 2.05) is 0 Å². The molecule has 6 heterocycles. The molecule has 266 valence electrons. The number of hydrogen-bond acceptors (Lipinski definition) is 8. The van der Waals surface area contributed by atoms with Crippen LogP contribution in [0.5, 0.6) is 0 Å². The van der Waals surface area contributed by atoms with Crippen LogP contribution in [0.15, 0.2) is 9.98 Å². The second-order valence-electron chi connectivity index (χ2n) is 16.4. The lowest BCUT2D eigenvalue weighted by Gasteiger charge is -2.47. The van der Waals surface area contributed by atoms with Crippen LogP contribution in [-0.4, -0.2) is 82.1 Å². The number of guanidine groups is 2. The Morgan fingerprint density at radius 1 is 0.766 bits per heavy atom. The van der Waals surface area contributed by atoms with E-state index in [1.165, 1.54) is 128 Å². The lowest BCUT2D eigenvalue weighted by Crippen LogP contribution is -2.63. The van der Waals surface area contributed by atoms with Gasteiger partial charge in [-0.15, -0.1) is 0 Å². The zero-order valence-electron chi connectivity index (χ0n) is 30.4. The largest absolute Gasteiger partial charge is 0.462 e. The molecule has 6 aliphatic heterocycles. The second-order valence-corrected chi connectivity index (χ2v) is 16.4. The summed E-state index contributed by atoms with van der Waals surface area (Å²) in [6.07, 6.45) is 27.7. The van der Waals surface area contributed by atoms with Gasteiger partial charge in [-0.1, -0.05) is 77.6 Å². The molecule has 6 aliphatic rings. The predicted octanol–water partition coefficient (Wildman–Crippen LogP) is 7.70. The first kappa shape index (κ1) is 34.9. The third kappa shape index (κ3) is 8.60. The normalized spacial score (nSPS) is 34.5. The maximum absolute atomic E-state index is 13.5. The molecule has 0 aromatic carbocycles. The highest BCUT2D eigenvalue weighted by atomic mass is 16.5. The molecule has 0 aromatic rings. The average Bonchev–Trinajstić information content (AvgIpc) is 3.65. The minimum atomic E-state index is -0.148. The highest BCUT2D eigenvalue weighted by molar-refractivity contribution is 5.86. The molecule has 8 nitrogen and oxygen atoms in total. The van der Waals surface area contributed by atoms with Gasteiger partial charge in [-0.2, -0.15) is 0 Å². The van der Waals surface area contributed by atoms with Crippen molar-refractivity contribution in [3.8, 4) is 0 Å². The van der Waals surface area contributed by atoms with Crippen LogP contribution in [0.25, 0.3) is 0 Å². The quantitative estimate of drug-likeness (QED) is 0.117. The predicted molar refractivity (Wildman–Crippen MR) is 193 cm³/mol. The van der Waals surface area contributed by atoms with Crippen molar-refractivity contribution in [3.63, 3.8) is 0 Å². The number of ether oxygens (including phenoxy) is 1. The summed E-state index contributed by atoms with van der Waals surface area (Å²) in [5, 5.41) is 7.48. The minimum Gasteiger partial charge on any atom is -0.462 e. The lowest BCUT2D eigenvalue weighted by molar-refractivity contribution is -0.156. The first-order valence-electron chi connectivity index (χ1n) is 20.4. The summed E-state index contributed by atoms with van der Waals surface area (Å²) in [5.74, 6) is 2.09. The van der Waals surface area contributed by atoms with Crippen LogP contribution < -0.4 is 10.6 Å². The topological polar surface area (TPSA) is 81.6 Å². The van der Waals surface area contributed by atoms with Crippen molar-refractivity contribution < 1.29 is 9.53 Å². The monoisotopic (exact) mass is 653 g/mol. The summed E-state index contributed by atoms with van der Waals surface area (Å²) in [7, 11) is 0. The molecule has 0 spiro atoms. The van der Waals surface area contributed by atoms with Crippen molar-refractivity contribution in [1.29, 1.82) is 0 Å². The molecule has 0 radical (unpaired) electrons. The van der Waals surface area contributed by atoms with Gasteiger partial charge in [-0.25, -0.2) is 9.98 Å². The van der Waals surface area contributed by atoms with Crippen LogP contribution in [-0.2, 0) is 9.53 Å². The number of carbonyl (C=O) groups is 1. The number of nitrogens with zero attached hydrogens (tertiary/aromatic N) is 4. The summed E-state index contributed by atoms with van der Waals surface area (Å²) in [4.78, 5) is 28.9. The van der Waals surface area contributed by atoms with Crippen molar-refractivity contribution >= 4 is 17.9 Å². The number of rotatable bonds is 18. The Morgan fingerprint density at radius 2 is 1.40 bits per heavy atom. The van der Waals surface area contributed by atoms with Gasteiger partial charge in [0.05, 0.1) is 24.1 Å². The Balaban J connectivity index is 0.861. The molecule has 47 heavy (non-hydrogen) atoms. The Kier molecular flexibility index (Phi) is 12.3. The molecule has 4 saturated heterocycles. The molecule has 8 heteroatoms. The van der Waals surface area contributed by atoms with Crippen LogP contribution in [0.3, 0.4) is 0 Å². The van der Waals surface area contributed by atoms with Crippen LogP contribution in [0.4, 0.5) is 0 Å². The fourth-order valence-electron chi connectivity index (χ4n) is 10.1. The van der Waals surface area contributed by atoms with E-state index in [1.54, 1.807) is 0 Å². The van der Waals surface area contributed by atoms with E-state index >= 15 is 0 Å². The summed E-state index contributed by atoms with van der Waals surface area (Å²) in [6, 6.07) is 3.76.